The molecular formula is C17H19N5O2. The van der Waals surface area contributed by atoms with Crippen molar-refractivity contribution in [2.24, 2.45) is 0 Å². The molecule has 1 atom stereocenters. The lowest BCUT2D eigenvalue weighted by molar-refractivity contribution is -0.119. The van der Waals surface area contributed by atoms with Gasteiger partial charge in [-0.25, -0.2) is 4.98 Å². The van der Waals surface area contributed by atoms with Gasteiger partial charge in [-0.3, -0.25) is 19.6 Å². The van der Waals surface area contributed by atoms with Crippen molar-refractivity contribution in [2.75, 3.05) is 6.54 Å². The molecule has 7 heteroatoms. The highest BCUT2D eigenvalue weighted by Gasteiger charge is 2.32. The first-order valence-corrected chi connectivity index (χ1v) is 7.92. The predicted molar refractivity (Wildman–Crippen MR) is 86.8 cm³/mol. The largest absolute Gasteiger partial charge is 0.351 e. The summed E-state index contributed by atoms with van der Waals surface area (Å²) in [6.07, 6.45) is 6.34. The lowest BCUT2D eigenvalue weighted by Gasteiger charge is -2.24. The quantitative estimate of drug-likeness (QED) is 0.920. The minimum Gasteiger partial charge on any atom is -0.351 e. The van der Waals surface area contributed by atoms with Crippen LogP contribution in [0.1, 0.15) is 47.7 Å². The molecule has 1 fully saturated rings. The van der Waals surface area contributed by atoms with Gasteiger partial charge < -0.3 is 10.2 Å². The van der Waals surface area contributed by atoms with Crippen molar-refractivity contribution < 1.29 is 9.59 Å². The van der Waals surface area contributed by atoms with E-state index >= 15 is 0 Å². The van der Waals surface area contributed by atoms with Crippen LogP contribution in [-0.4, -0.2) is 38.2 Å². The zero-order valence-corrected chi connectivity index (χ0v) is 13.5. The van der Waals surface area contributed by atoms with E-state index in [0.29, 0.717) is 18.8 Å². The smallest absolute Gasteiger partial charge is 0.274 e. The minimum atomic E-state index is -0.125. The van der Waals surface area contributed by atoms with Crippen LogP contribution in [0.3, 0.4) is 0 Å². The molecule has 0 saturated carbocycles. The maximum absolute atomic E-state index is 12.7. The van der Waals surface area contributed by atoms with Crippen molar-refractivity contribution in [3.63, 3.8) is 0 Å². The molecule has 0 radical (unpaired) electrons. The molecule has 3 rings (SSSR count). The van der Waals surface area contributed by atoms with Gasteiger partial charge in [0.05, 0.1) is 30.2 Å². The van der Waals surface area contributed by atoms with E-state index in [0.717, 1.165) is 24.2 Å². The van der Waals surface area contributed by atoms with Crippen molar-refractivity contribution in [3.8, 4) is 0 Å². The molecule has 3 heterocycles. The van der Waals surface area contributed by atoms with E-state index < -0.39 is 0 Å². The highest BCUT2D eigenvalue weighted by molar-refractivity contribution is 5.92. The molecule has 1 N–H and O–H groups in total. The minimum absolute atomic E-state index is 0.0724. The van der Waals surface area contributed by atoms with Gasteiger partial charge in [-0.15, -0.1) is 0 Å². The molecule has 2 aromatic rings. The lowest BCUT2D eigenvalue weighted by Crippen LogP contribution is -2.32. The summed E-state index contributed by atoms with van der Waals surface area (Å²) in [5.41, 5.74) is 1.97. The molecule has 2 aromatic heterocycles. The number of likely N-dealkylation sites (tertiary alicyclic amines) is 1. The normalized spacial score (nSPS) is 16.9. The van der Waals surface area contributed by atoms with E-state index in [1.807, 2.05) is 18.2 Å². The second-order valence-corrected chi connectivity index (χ2v) is 5.71. The number of aromatic nitrogens is 3. The van der Waals surface area contributed by atoms with Crippen molar-refractivity contribution in [3.05, 3.63) is 53.9 Å². The van der Waals surface area contributed by atoms with Crippen LogP contribution in [0.25, 0.3) is 0 Å². The Morgan fingerprint density at radius 3 is 2.96 bits per heavy atom. The first-order chi connectivity index (χ1) is 11.6. The summed E-state index contributed by atoms with van der Waals surface area (Å²) < 4.78 is 0. The maximum Gasteiger partial charge on any atom is 0.274 e. The Labute approximate surface area is 140 Å². The van der Waals surface area contributed by atoms with Gasteiger partial charge in [-0.2, -0.15) is 0 Å². The third kappa shape index (κ3) is 3.56. The van der Waals surface area contributed by atoms with Gasteiger partial charge in [0.1, 0.15) is 5.69 Å². The lowest BCUT2D eigenvalue weighted by atomic mass is 10.1. The number of rotatable bonds is 4. The van der Waals surface area contributed by atoms with E-state index in [9.17, 15) is 9.59 Å². The molecule has 124 valence electrons. The summed E-state index contributed by atoms with van der Waals surface area (Å²) in [4.78, 5) is 38.2. The number of hydrogen-bond acceptors (Lipinski definition) is 5. The van der Waals surface area contributed by atoms with E-state index in [2.05, 4.69) is 20.3 Å². The fourth-order valence-corrected chi connectivity index (χ4v) is 2.87. The third-order valence-corrected chi connectivity index (χ3v) is 3.98. The molecule has 7 nitrogen and oxygen atoms in total. The Kier molecular flexibility index (Phi) is 4.79. The van der Waals surface area contributed by atoms with Gasteiger partial charge in [0, 0.05) is 25.9 Å². The van der Waals surface area contributed by atoms with Crippen LogP contribution in [0, 0.1) is 0 Å². The molecule has 0 aliphatic carbocycles. The Bertz CT molecular complexity index is 735. The summed E-state index contributed by atoms with van der Waals surface area (Å²) >= 11 is 0. The zero-order chi connectivity index (χ0) is 16.9. The van der Waals surface area contributed by atoms with E-state index in [-0.39, 0.29) is 17.9 Å². The maximum atomic E-state index is 12.7. The summed E-state index contributed by atoms with van der Waals surface area (Å²) in [7, 11) is 0. The van der Waals surface area contributed by atoms with E-state index in [1.54, 1.807) is 11.1 Å². The average Bonchev–Trinajstić information content (AvgIpc) is 3.10. The molecule has 1 aliphatic rings. The Morgan fingerprint density at radius 1 is 1.33 bits per heavy atom. The van der Waals surface area contributed by atoms with Gasteiger partial charge in [0.25, 0.3) is 5.91 Å². The van der Waals surface area contributed by atoms with Crippen molar-refractivity contribution in [1.82, 2.24) is 25.2 Å². The van der Waals surface area contributed by atoms with Gasteiger partial charge in [-0.05, 0) is 25.0 Å². The number of carbonyl (C=O) groups excluding carboxylic acids is 2. The molecule has 2 amide bonds. The summed E-state index contributed by atoms with van der Waals surface area (Å²) in [6.45, 7) is 2.54. The van der Waals surface area contributed by atoms with E-state index in [4.69, 9.17) is 0 Å². The molecule has 1 aliphatic heterocycles. The first kappa shape index (κ1) is 16.0. The monoisotopic (exact) mass is 325 g/mol. The molecule has 0 spiro atoms. The summed E-state index contributed by atoms with van der Waals surface area (Å²) in [5, 5.41) is 2.74. The average molecular weight is 325 g/mol. The third-order valence-electron chi connectivity index (χ3n) is 3.98. The van der Waals surface area contributed by atoms with Crippen LogP contribution >= 0.6 is 0 Å². The molecule has 0 bridgehead atoms. The van der Waals surface area contributed by atoms with Gasteiger partial charge in [0.15, 0.2) is 0 Å². The van der Waals surface area contributed by atoms with Gasteiger partial charge in [0.2, 0.25) is 5.91 Å². The SMILES string of the molecule is CC(=O)NCc1cccc(C2CCCN2C(=O)c2cnccn2)n1. The zero-order valence-electron chi connectivity index (χ0n) is 13.5. The molecular weight excluding hydrogens is 306 g/mol. The van der Waals surface area contributed by atoms with Crippen LogP contribution in [0.4, 0.5) is 0 Å². The van der Waals surface area contributed by atoms with Crippen LogP contribution in [-0.2, 0) is 11.3 Å². The Hall–Kier alpha value is -2.83. The number of nitrogens with one attached hydrogen (secondary N) is 1. The van der Waals surface area contributed by atoms with Crippen molar-refractivity contribution in [2.45, 2.75) is 32.4 Å². The van der Waals surface area contributed by atoms with Crippen LogP contribution < -0.4 is 5.32 Å². The predicted octanol–water partition coefficient (Wildman–Crippen LogP) is 1.48. The standard InChI is InChI=1S/C17H19N5O2/c1-12(23)20-10-13-4-2-5-14(21-13)16-6-3-9-22(16)17(24)15-11-18-7-8-19-15/h2,4-5,7-8,11,16H,3,6,9-10H2,1H3,(H,20,23). The number of hydrogen-bond donors (Lipinski definition) is 1. The van der Waals surface area contributed by atoms with Crippen LogP contribution in [0.5, 0.6) is 0 Å². The first-order valence-electron chi connectivity index (χ1n) is 7.92. The van der Waals surface area contributed by atoms with Crippen LogP contribution in [0.15, 0.2) is 36.8 Å². The van der Waals surface area contributed by atoms with Crippen LogP contribution in [0.2, 0.25) is 0 Å². The van der Waals surface area contributed by atoms with Gasteiger partial charge >= 0.3 is 0 Å². The molecule has 1 unspecified atom stereocenters. The molecule has 1 saturated heterocycles. The Balaban J connectivity index is 1.79. The number of pyridine rings is 1. The van der Waals surface area contributed by atoms with Crippen molar-refractivity contribution >= 4 is 11.8 Å². The van der Waals surface area contributed by atoms with Crippen molar-refractivity contribution in [1.29, 1.82) is 0 Å². The second-order valence-electron chi connectivity index (χ2n) is 5.71. The highest BCUT2D eigenvalue weighted by atomic mass is 16.2. The fourth-order valence-electron chi connectivity index (χ4n) is 2.87. The van der Waals surface area contributed by atoms with Gasteiger partial charge in [-0.1, -0.05) is 6.07 Å². The topological polar surface area (TPSA) is 88.1 Å². The molecule has 24 heavy (non-hydrogen) atoms. The number of carbonyl (C=O) groups is 2. The number of amides is 2. The highest BCUT2D eigenvalue weighted by Crippen LogP contribution is 2.31. The summed E-state index contributed by atoms with van der Waals surface area (Å²) in [6, 6.07) is 5.62. The second kappa shape index (κ2) is 7.16. The number of nitrogens with zero attached hydrogens (tertiary/aromatic N) is 4. The Morgan fingerprint density at radius 2 is 2.21 bits per heavy atom. The fraction of sp³-hybridized carbons (Fsp3) is 0.353. The van der Waals surface area contributed by atoms with E-state index in [1.165, 1.54) is 19.3 Å². The molecule has 0 aromatic carbocycles. The summed E-state index contributed by atoms with van der Waals surface area (Å²) in [5.74, 6) is -0.220.